The highest BCUT2D eigenvalue weighted by molar-refractivity contribution is 7.90. The third-order valence-electron chi connectivity index (χ3n) is 4.90. The predicted molar refractivity (Wildman–Crippen MR) is 107 cm³/mol. The van der Waals surface area contributed by atoms with Gasteiger partial charge in [-0.25, -0.2) is 23.4 Å². The van der Waals surface area contributed by atoms with E-state index in [1.807, 2.05) is 6.07 Å². The summed E-state index contributed by atoms with van der Waals surface area (Å²) in [5.74, 6) is -0.174. The zero-order valence-electron chi connectivity index (χ0n) is 16.4. The molecular formula is C20H24N4O4S. The molecule has 0 aliphatic carbocycles. The van der Waals surface area contributed by atoms with Gasteiger partial charge in [-0.15, -0.1) is 0 Å². The van der Waals surface area contributed by atoms with Crippen LogP contribution in [0, 0.1) is 0 Å². The Morgan fingerprint density at radius 1 is 1.21 bits per heavy atom. The number of fused-ring (bicyclic) bond motifs is 1. The summed E-state index contributed by atoms with van der Waals surface area (Å²) < 4.78 is 34.0. The van der Waals surface area contributed by atoms with Gasteiger partial charge in [-0.1, -0.05) is 30.3 Å². The minimum Gasteiger partial charge on any atom is -0.382 e. The Kier molecular flexibility index (Phi) is 5.14. The summed E-state index contributed by atoms with van der Waals surface area (Å²) in [6.45, 7) is 3.69. The van der Waals surface area contributed by atoms with E-state index in [9.17, 15) is 13.5 Å². The topological polar surface area (TPSA) is 107 Å². The first-order valence-electron chi connectivity index (χ1n) is 9.61. The van der Waals surface area contributed by atoms with Gasteiger partial charge >= 0.3 is 0 Å². The SMILES string of the molecule is CC(C)(O)c1nc(S(=O)(=O)Cc2ccccc2)c2ncn(C3CCCCO3)c2n1. The molecule has 9 heteroatoms. The van der Waals surface area contributed by atoms with Crippen LogP contribution in [0.1, 0.15) is 50.7 Å². The number of imidazole rings is 1. The number of aromatic nitrogens is 4. The van der Waals surface area contributed by atoms with Crippen molar-refractivity contribution in [3.63, 3.8) is 0 Å². The normalized spacial score (nSPS) is 18.2. The molecule has 1 fully saturated rings. The standard InChI is InChI=1S/C20H24N4O4S/c1-20(2,25)19-22-17-16(21-13-24(17)15-10-6-7-11-28-15)18(23-19)29(26,27)12-14-8-4-3-5-9-14/h3-5,8-9,13,15,25H,6-7,10-12H2,1-2H3. The van der Waals surface area contributed by atoms with Crippen LogP contribution in [-0.2, 0) is 25.9 Å². The molecule has 0 spiro atoms. The Hall–Kier alpha value is -2.36. The number of benzene rings is 1. The maximum atomic E-state index is 13.2. The second-order valence-electron chi connectivity index (χ2n) is 7.80. The van der Waals surface area contributed by atoms with E-state index in [0.29, 0.717) is 17.8 Å². The van der Waals surface area contributed by atoms with Crippen molar-refractivity contribution in [2.45, 2.75) is 55.7 Å². The van der Waals surface area contributed by atoms with Crippen molar-refractivity contribution in [3.8, 4) is 0 Å². The molecule has 1 atom stereocenters. The summed E-state index contributed by atoms with van der Waals surface area (Å²) in [6, 6.07) is 8.91. The van der Waals surface area contributed by atoms with Crippen molar-refractivity contribution >= 4 is 21.0 Å². The minimum atomic E-state index is -3.82. The third kappa shape index (κ3) is 4.03. The highest BCUT2D eigenvalue weighted by Crippen LogP contribution is 2.30. The number of aliphatic hydroxyl groups is 1. The van der Waals surface area contributed by atoms with Crippen molar-refractivity contribution in [1.29, 1.82) is 0 Å². The molecule has 3 heterocycles. The van der Waals surface area contributed by atoms with Crippen LogP contribution in [0.5, 0.6) is 0 Å². The van der Waals surface area contributed by atoms with Gasteiger partial charge in [-0.3, -0.25) is 4.57 Å². The molecule has 1 unspecified atom stereocenters. The lowest BCUT2D eigenvalue weighted by Crippen LogP contribution is -2.23. The first kappa shape index (κ1) is 19.9. The van der Waals surface area contributed by atoms with Crippen molar-refractivity contribution in [1.82, 2.24) is 19.5 Å². The number of nitrogens with zero attached hydrogens (tertiary/aromatic N) is 4. The van der Waals surface area contributed by atoms with Gasteiger partial charge in [0.2, 0.25) is 9.84 Å². The van der Waals surface area contributed by atoms with Gasteiger partial charge in [0.1, 0.15) is 17.3 Å². The largest absolute Gasteiger partial charge is 0.382 e. The van der Waals surface area contributed by atoms with Crippen molar-refractivity contribution in [2.75, 3.05) is 6.61 Å². The van der Waals surface area contributed by atoms with Gasteiger partial charge in [0.25, 0.3) is 0 Å². The third-order valence-corrected chi connectivity index (χ3v) is 6.48. The lowest BCUT2D eigenvalue weighted by Gasteiger charge is -2.24. The Labute approximate surface area is 169 Å². The van der Waals surface area contributed by atoms with Crippen LogP contribution in [0.3, 0.4) is 0 Å². The van der Waals surface area contributed by atoms with E-state index < -0.39 is 15.4 Å². The monoisotopic (exact) mass is 416 g/mol. The van der Waals surface area contributed by atoms with Crippen LogP contribution < -0.4 is 0 Å². The maximum absolute atomic E-state index is 13.2. The molecule has 1 aliphatic heterocycles. The van der Waals surface area contributed by atoms with E-state index in [4.69, 9.17) is 4.74 Å². The van der Waals surface area contributed by atoms with E-state index in [0.717, 1.165) is 19.3 Å². The molecule has 4 rings (SSSR count). The molecule has 29 heavy (non-hydrogen) atoms. The van der Waals surface area contributed by atoms with Gasteiger partial charge in [-0.2, -0.15) is 0 Å². The van der Waals surface area contributed by atoms with Crippen molar-refractivity contribution < 1.29 is 18.3 Å². The smallest absolute Gasteiger partial charge is 0.202 e. The average Bonchev–Trinajstić information content (AvgIpc) is 3.11. The first-order valence-corrected chi connectivity index (χ1v) is 11.3. The Morgan fingerprint density at radius 2 is 1.97 bits per heavy atom. The molecule has 0 saturated carbocycles. The first-order chi connectivity index (χ1) is 13.8. The lowest BCUT2D eigenvalue weighted by molar-refractivity contribution is -0.0299. The fourth-order valence-corrected chi connectivity index (χ4v) is 4.83. The summed E-state index contributed by atoms with van der Waals surface area (Å²) in [5, 5.41) is 10.3. The molecule has 8 nitrogen and oxygen atoms in total. The summed E-state index contributed by atoms with van der Waals surface area (Å²) in [4.78, 5) is 13.0. The van der Waals surface area contributed by atoms with Crippen LogP contribution in [0.4, 0.5) is 0 Å². The molecule has 1 aromatic carbocycles. The molecule has 1 saturated heterocycles. The summed E-state index contributed by atoms with van der Waals surface area (Å²) in [5.41, 5.74) is -0.203. The quantitative estimate of drug-likeness (QED) is 0.637. The fraction of sp³-hybridized carbons (Fsp3) is 0.450. The number of ether oxygens (including phenoxy) is 1. The van der Waals surface area contributed by atoms with Crippen LogP contribution in [0.2, 0.25) is 0 Å². The Balaban J connectivity index is 1.87. The van der Waals surface area contributed by atoms with E-state index >= 15 is 0 Å². The molecule has 3 aromatic rings. The highest BCUT2D eigenvalue weighted by Gasteiger charge is 2.30. The van der Waals surface area contributed by atoms with Gasteiger partial charge in [-0.05, 0) is 38.7 Å². The van der Waals surface area contributed by atoms with Crippen molar-refractivity contribution in [2.24, 2.45) is 0 Å². The second-order valence-corrected chi connectivity index (χ2v) is 9.71. The van der Waals surface area contributed by atoms with Crippen LogP contribution in [-0.4, -0.2) is 39.7 Å². The molecule has 0 bridgehead atoms. The Bertz CT molecular complexity index is 1110. The number of hydrogen-bond acceptors (Lipinski definition) is 7. The summed E-state index contributed by atoms with van der Waals surface area (Å²) in [7, 11) is -3.82. The fourth-order valence-electron chi connectivity index (χ4n) is 3.40. The number of rotatable bonds is 5. The lowest BCUT2D eigenvalue weighted by atomic mass is 10.1. The average molecular weight is 417 g/mol. The van der Waals surface area contributed by atoms with Gasteiger partial charge < -0.3 is 9.84 Å². The molecule has 2 aromatic heterocycles. The summed E-state index contributed by atoms with van der Waals surface area (Å²) in [6.07, 6.45) is 4.07. The van der Waals surface area contributed by atoms with E-state index in [-0.39, 0.29) is 28.3 Å². The van der Waals surface area contributed by atoms with Crippen molar-refractivity contribution in [3.05, 3.63) is 48.0 Å². The molecule has 0 amide bonds. The Morgan fingerprint density at radius 3 is 2.62 bits per heavy atom. The zero-order valence-corrected chi connectivity index (χ0v) is 17.3. The predicted octanol–water partition coefficient (Wildman–Crippen LogP) is 2.73. The zero-order chi connectivity index (χ0) is 20.6. The molecule has 0 radical (unpaired) electrons. The van der Waals surface area contributed by atoms with Crippen LogP contribution >= 0.6 is 0 Å². The minimum absolute atomic E-state index is 0.0363. The highest BCUT2D eigenvalue weighted by atomic mass is 32.2. The maximum Gasteiger partial charge on any atom is 0.202 e. The van der Waals surface area contributed by atoms with Crippen LogP contribution in [0.15, 0.2) is 41.7 Å². The van der Waals surface area contributed by atoms with Crippen LogP contribution in [0.25, 0.3) is 11.2 Å². The molecule has 1 N–H and O–H groups in total. The van der Waals surface area contributed by atoms with E-state index in [1.54, 1.807) is 35.2 Å². The molecule has 154 valence electrons. The van der Waals surface area contributed by atoms with E-state index in [1.165, 1.54) is 13.8 Å². The van der Waals surface area contributed by atoms with Gasteiger partial charge in [0, 0.05) is 6.61 Å². The molecular weight excluding hydrogens is 392 g/mol. The van der Waals surface area contributed by atoms with Gasteiger partial charge in [0.15, 0.2) is 16.5 Å². The summed E-state index contributed by atoms with van der Waals surface area (Å²) >= 11 is 0. The van der Waals surface area contributed by atoms with Gasteiger partial charge in [0.05, 0.1) is 12.1 Å². The second kappa shape index (κ2) is 7.47. The number of hydrogen-bond donors (Lipinski definition) is 1. The van der Waals surface area contributed by atoms with E-state index in [2.05, 4.69) is 15.0 Å². The number of sulfone groups is 1. The molecule has 1 aliphatic rings.